The summed E-state index contributed by atoms with van der Waals surface area (Å²) < 4.78 is 5.56. The third-order valence-corrected chi connectivity index (χ3v) is 3.05. The van der Waals surface area contributed by atoms with Crippen molar-refractivity contribution in [2.24, 2.45) is 5.73 Å². The lowest BCUT2D eigenvalue weighted by molar-refractivity contribution is -0.123. The molecule has 1 amide bonds. The minimum absolute atomic E-state index is 0.0599. The van der Waals surface area contributed by atoms with Crippen LogP contribution in [0.1, 0.15) is 26.2 Å². The van der Waals surface area contributed by atoms with Crippen molar-refractivity contribution >= 4 is 5.91 Å². The fourth-order valence-corrected chi connectivity index (χ4v) is 1.89. The van der Waals surface area contributed by atoms with Crippen LogP contribution in [-0.4, -0.2) is 56.2 Å². The molecule has 5 heteroatoms. The maximum Gasteiger partial charge on any atom is 0.237 e. The first-order chi connectivity index (χ1) is 8.13. The second-order valence-electron chi connectivity index (χ2n) is 4.75. The lowest BCUT2D eigenvalue weighted by Crippen LogP contribution is -2.49. The van der Waals surface area contributed by atoms with Crippen LogP contribution in [0.4, 0.5) is 0 Å². The van der Waals surface area contributed by atoms with Gasteiger partial charge in [-0.15, -0.1) is 0 Å². The Kier molecular flexibility index (Phi) is 6.47. The smallest absolute Gasteiger partial charge is 0.237 e. The molecule has 0 aromatic carbocycles. The molecule has 1 heterocycles. The molecule has 5 nitrogen and oxygen atoms in total. The van der Waals surface area contributed by atoms with Gasteiger partial charge < -0.3 is 20.7 Å². The van der Waals surface area contributed by atoms with Crippen molar-refractivity contribution in [3.63, 3.8) is 0 Å². The van der Waals surface area contributed by atoms with Crippen molar-refractivity contribution in [3.05, 3.63) is 0 Å². The van der Waals surface area contributed by atoms with Crippen LogP contribution in [0, 0.1) is 0 Å². The van der Waals surface area contributed by atoms with Crippen molar-refractivity contribution in [2.75, 3.05) is 33.3 Å². The molecule has 0 aromatic heterocycles. The summed E-state index contributed by atoms with van der Waals surface area (Å²) in [5.74, 6) is -0.0599. The second kappa shape index (κ2) is 7.63. The fraction of sp³-hybridized carbons (Fsp3) is 0.917. The SMILES string of the molecule is CCCCC(N)C(=O)NCC1CN(C)CCO1. The molecule has 1 aliphatic heterocycles. The predicted molar refractivity (Wildman–Crippen MR) is 67.7 cm³/mol. The van der Waals surface area contributed by atoms with Crippen LogP contribution in [0.5, 0.6) is 0 Å². The highest BCUT2D eigenvalue weighted by molar-refractivity contribution is 5.81. The summed E-state index contributed by atoms with van der Waals surface area (Å²) in [6.07, 6.45) is 2.92. The van der Waals surface area contributed by atoms with Crippen molar-refractivity contribution in [1.82, 2.24) is 10.2 Å². The van der Waals surface area contributed by atoms with E-state index in [0.29, 0.717) is 6.54 Å². The number of nitrogens with zero attached hydrogens (tertiary/aromatic N) is 1. The van der Waals surface area contributed by atoms with Crippen molar-refractivity contribution in [2.45, 2.75) is 38.3 Å². The number of nitrogens with one attached hydrogen (secondary N) is 1. The summed E-state index contributed by atoms with van der Waals surface area (Å²) >= 11 is 0. The van der Waals surface area contributed by atoms with E-state index < -0.39 is 0 Å². The van der Waals surface area contributed by atoms with Crippen LogP contribution in [-0.2, 0) is 9.53 Å². The number of rotatable bonds is 6. The third kappa shape index (κ3) is 5.48. The van der Waals surface area contributed by atoms with E-state index in [0.717, 1.165) is 39.0 Å². The summed E-state index contributed by atoms with van der Waals surface area (Å²) in [7, 11) is 2.06. The molecule has 1 rings (SSSR count). The van der Waals surface area contributed by atoms with Crippen molar-refractivity contribution in [3.8, 4) is 0 Å². The van der Waals surface area contributed by atoms with E-state index in [2.05, 4.69) is 24.2 Å². The van der Waals surface area contributed by atoms with Crippen LogP contribution < -0.4 is 11.1 Å². The second-order valence-corrected chi connectivity index (χ2v) is 4.75. The zero-order chi connectivity index (χ0) is 12.7. The molecule has 3 N–H and O–H groups in total. The van der Waals surface area contributed by atoms with Crippen molar-refractivity contribution < 1.29 is 9.53 Å². The Morgan fingerprint density at radius 3 is 3.06 bits per heavy atom. The minimum Gasteiger partial charge on any atom is -0.374 e. The molecule has 17 heavy (non-hydrogen) atoms. The van der Waals surface area contributed by atoms with Gasteiger partial charge >= 0.3 is 0 Å². The molecule has 2 atom stereocenters. The highest BCUT2D eigenvalue weighted by Gasteiger charge is 2.19. The maximum absolute atomic E-state index is 11.7. The number of amides is 1. The van der Waals surface area contributed by atoms with Gasteiger partial charge in [-0.2, -0.15) is 0 Å². The first kappa shape index (κ1) is 14.4. The Bertz CT molecular complexity index is 236. The number of nitrogens with two attached hydrogens (primary N) is 1. The summed E-state index contributed by atoms with van der Waals surface area (Å²) in [4.78, 5) is 13.9. The van der Waals surface area contributed by atoms with E-state index in [4.69, 9.17) is 10.5 Å². The zero-order valence-corrected chi connectivity index (χ0v) is 10.9. The van der Waals surface area contributed by atoms with Crippen LogP contribution >= 0.6 is 0 Å². The number of carbonyl (C=O) groups is 1. The average molecular weight is 243 g/mol. The van der Waals surface area contributed by atoms with Crippen LogP contribution in [0.3, 0.4) is 0 Å². The Labute approximate surface area is 104 Å². The maximum atomic E-state index is 11.7. The van der Waals surface area contributed by atoms with E-state index in [1.54, 1.807) is 0 Å². The molecule has 0 radical (unpaired) electrons. The summed E-state index contributed by atoms with van der Waals surface area (Å²) in [5.41, 5.74) is 5.78. The first-order valence-electron chi connectivity index (χ1n) is 6.47. The predicted octanol–water partition coefficient (Wildman–Crippen LogP) is -0.0493. The van der Waals surface area contributed by atoms with E-state index >= 15 is 0 Å². The van der Waals surface area contributed by atoms with E-state index in [-0.39, 0.29) is 18.1 Å². The summed E-state index contributed by atoms with van der Waals surface area (Å²) in [5, 5.41) is 2.87. The van der Waals surface area contributed by atoms with Gasteiger partial charge in [0.25, 0.3) is 0 Å². The van der Waals surface area contributed by atoms with Crippen LogP contribution in [0.25, 0.3) is 0 Å². The van der Waals surface area contributed by atoms with E-state index in [1.165, 1.54) is 0 Å². The number of morpholine rings is 1. The Balaban J connectivity index is 2.18. The fourth-order valence-electron chi connectivity index (χ4n) is 1.89. The highest BCUT2D eigenvalue weighted by Crippen LogP contribution is 2.02. The monoisotopic (exact) mass is 243 g/mol. The van der Waals surface area contributed by atoms with Gasteiger partial charge in [0.2, 0.25) is 5.91 Å². The van der Waals surface area contributed by atoms with Gasteiger partial charge in [0.1, 0.15) is 0 Å². The average Bonchev–Trinajstić information content (AvgIpc) is 2.33. The van der Waals surface area contributed by atoms with Crippen LogP contribution in [0.15, 0.2) is 0 Å². The molecule has 100 valence electrons. The van der Waals surface area contributed by atoms with E-state index in [1.807, 2.05) is 0 Å². The Hall–Kier alpha value is -0.650. The molecule has 0 aliphatic carbocycles. The topological polar surface area (TPSA) is 67.6 Å². The largest absolute Gasteiger partial charge is 0.374 e. The molecule has 0 aromatic rings. The summed E-state index contributed by atoms with van der Waals surface area (Å²) in [6, 6.07) is -0.378. The molecule has 0 saturated carbocycles. The molecule has 0 bridgehead atoms. The molecular weight excluding hydrogens is 218 g/mol. The van der Waals surface area contributed by atoms with Gasteiger partial charge in [0.15, 0.2) is 0 Å². The molecule has 1 fully saturated rings. The molecular formula is C12H25N3O2. The molecule has 1 aliphatic rings. The third-order valence-electron chi connectivity index (χ3n) is 3.05. The van der Waals surface area contributed by atoms with Gasteiger partial charge in [-0.05, 0) is 13.5 Å². The Morgan fingerprint density at radius 2 is 2.41 bits per heavy atom. The minimum atomic E-state index is -0.378. The van der Waals surface area contributed by atoms with Gasteiger partial charge in [0, 0.05) is 19.6 Å². The molecule has 0 spiro atoms. The summed E-state index contributed by atoms with van der Waals surface area (Å²) in [6.45, 7) is 5.21. The first-order valence-corrected chi connectivity index (χ1v) is 6.47. The standard InChI is InChI=1S/C12H25N3O2/c1-3-4-5-11(13)12(16)14-8-10-9-15(2)6-7-17-10/h10-11H,3-9,13H2,1-2H3,(H,14,16). The Morgan fingerprint density at radius 1 is 1.65 bits per heavy atom. The lowest BCUT2D eigenvalue weighted by atomic mass is 10.1. The van der Waals surface area contributed by atoms with Gasteiger partial charge in [-0.25, -0.2) is 0 Å². The lowest BCUT2D eigenvalue weighted by Gasteiger charge is -2.30. The quantitative estimate of drug-likeness (QED) is 0.686. The normalized spacial score (nSPS) is 23.4. The van der Waals surface area contributed by atoms with Crippen LogP contribution in [0.2, 0.25) is 0 Å². The number of unbranched alkanes of at least 4 members (excludes halogenated alkanes) is 1. The van der Waals surface area contributed by atoms with Gasteiger partial charge in [0.05, 0.1) is 18.8 Å². The molecule has 2 unspecified atom stereocenters. The van der Waals surface area contributed by atoms with Crippen molar-refractivity contribution in [1.29, 1.82) is 0 Å². The van der Waals surface area contributed by atoms with Gasteiger partial charge in [-0.3, -0.25) is 4.79 Å². The molecule has 1 saturated heterocycles. The van der Waals surface area contributed by atoms with Gasteiger partial charge in [-0.1, -0.05) is 19.8 Å². The highest BCUT2D eigenvalue weighted by atomic mass is 16.5. The number of hydrogen-bond donors (Lipinski definition) is 2. The number of ether oxygens (including phenoxy) is 1. The number of carbonyl (C=O) groups excluding carboxylic acids is 1. The number of likely N-dealkylation sites (N-methyl/N-ethyl adjacent to an activating group) is 1. The number of hydrogen-bond acceptors (Lipinski definition) is 4. The van der Waals surface area contributed by atoms with E-state index in [9.17, 15) is 4.79 Å². The zero-order valence-electron chi connectivity index (χ0n) is 10.9.